The Hall–Kier alpha value is -2.23. The molecule has 2 aromatic rings. The van der Waals surface area contributed by atoms with Crippen molar-refractivity contribution in [3.63, 3.8) is 0 Å². The van der Waals surface area contributed by atoms with Gasteiger partial charge in [0, 0.05) is 23.6 Å². The SMILES string of the molecule is COc1ccc(-n2c(C)cc(C(=O)NCC(C)C)c2C)cc1. The number of carbonyl (C=O) groups excluding carboxylic acids is 1. The van der Waals surface area contributed by atoms with Crippen molar-refractivity contribution in [1.29, 1.82) is 0 Å². The van der Waals surface area contributed by atoms with E-state index in [2.05, 4.69) is 23.7 Å². The first-order valence-electron chi connectivity index (χ1n) is 7.55. The summed E-state index contributed by atoms with van der Waals surface area (Å²) < 4.78 is 7.28. The largest absolute Gasteiger partial charge is 0.497 e. The van der Waals surface area contributed by atoms with Crippen LogP contribution in [0.25, 0.3) is 5.69 Å². The molecule has 0 aliphatic rings. The molecule has 1 aromatic carbocycles. The zero-order valence-corrected chi connectivity index (χ0v) is 13.9. The number of ether oxygens (including phenoxy) is 1. The summed E-state index contributed by atoms with van der Waals surface area (Å²) in [6.07, 6.45) is 0. The average molecular weight is 300 g/mol. The summed E-state index contributed by atoms with van der Waals surface area (Å²) in [4.78, 5) is 12.3. The van der Waals surface area contributed by atoms with Gasteiger partial charge in [0.1, 0.15) is 5.75 Å². The van der Waals surface area contributed by atoms with Crippen molar-refractivity contribution in [2.45, 2.75) is 27.7 Å². The molecule has 118 valence electrons. The van der Waals surface area contributed by atoms with E-state index in [0.29, 0.717) is 12.5 Å². The second-order valence-electron chi connectivity index (χ2n) is 5.92. The number of benzene rings is 1. The first-order valence-corrected chi connectivity index (χ1v) is 7.55. The maximum atomic E-state index is 12.3. The average Bonchev–Trinajstić information content (AvgIpc) is 2.80. The van der Waals surface area contributed by atoms with Gasteiger partial charge < -0.3 is 14.6 Å². The summed E-state index contributed by atoms with van der Waals surface area (Å²) in [5, 5.41) is 2.98. The van der Waals surface area contributed by atoms with Crippen molar-refractivity contribution >= 4 is 5.91 Å². The Labute approximate surface area is 132 Å². The molecule has 0 spiro atoms. The molecule has 0 fully saturated rings. The van der Waals surface area contributed by atoms with Crippen molar-refractivity contribution < 1.29 is 9.53 Å². The Balaban J connectivity index is 2.31. The van der Waals surface area contributed by atoms with Crippen LogP contribution in [0.5, 0.6) is 5.75 Å². The molecule has 4 nitrogen and oxygen atoms in total. The van der Waals surface area contributed by atoms with E-state index in [9.17, 15) is 4.79 Å². The number of rotatable bonds is 5. The molecule has 1 N–H and O–H groups in total. The number of amides is 1. The third-order valence-electron chi connectivity index (χ3n) is 3.68. The van der Waals surface area contributed by atoms with E-state index in [1.54, 1.807) is 7.11 Å². The summed E-state index contributed by atoms with van der Waals surface area (Å²) >= 11 is 0. The summed E-state index contributed by atoms with van der Waals surface area (Å²) in [6, 6.07) is 9.78. The van der Waals surface area contributed by atoms with Crippen LogP contribution in [0.4, 0.5) is 0 Å². The molecule has 1 amide bonds. The normalized spacial score (nSPS) is 10.8. The third kappa shape index (κ3) is 3.32. The molecular formula is C18H24N2O2. The molecule has 0 aliphatic carbocycles. The monoisotopic (exact) mass is 300 g/mol. The number of nitrogens with zero attached hydrogens (tertiary/aromatic N) is 1. The highest BCUT2D eigenvalue weighted by atomic mass is 16.5. The molecule has 1 heterocycles. The molecule has 0 aliphatic heterocycles. The van der Waals surface area contributed by atoms with Crippen LogP contribution in [0.1, 0.15) is 35.6 Å². The van der Waals surface area contributed by atoms with E-state index in [4.69, 9.17) is 4.74 Å². The predicted octanol–water partition coefficient (Wildman–Crippen LogP) is 3.49. The van der Waals surface area contributed by atoms with E-state index in [-0.39, 0.29) is 5.91 Å². The fourth-order valence-electron chi connectivity index (χ4n) is 2.51. The molecule has 22 heavy (non-hydrogen) atoms. The van der Waals surface area contributed by atoms with Crippen LogP contribution in [0.3, 0.4) is 0 Å². The Kier molecular flexibility index (Phi) is 4.91. The van der Waals surface area contributed by atoms with E-state index in [1.165, 1.54) is 0 Å². The van der Waals surface area contributed by atoms with Crippen molar-refractivity contribution in [2.24, 2.45) is 5.92 Å². The van der Waals surface area contributed by atoms with Crippen LogP contribution >= 0.6 is 0 Å². The molecule has 0 atom stereocenters. The van der Waals surface area contributed by atoms with E-state index in [1.807, 2.05) is 44.2 Å². The zero-order valence-electron chi connectivity index (χ0n) is 13.9. The Morgan fingerprint density at radius 1 is 1.23 bits per heavy atom. The summed E-state index contributed by atoms with van der Waals surface area (Å²) in [5.74, 6) is 1.25. The molecule has 2 rings (SSSR count). The zero-order chi connectivity index (χ0) is 16.3. The lowest BCUT2D eigenvalue weighted by molar-refractivity contribution is 0.0948. The maximum absolute atomic E-state index is 12.3. The van der Waals surface area contributed by atoms with Crippen molar-refractivity contribution in [2.75, 3.05) is 13.7 Å². The summed E-state index contributed by atoms with van der Waals surface area (Å²) in [6.45, 7) is 8.84. The van der Waals surface area contributed by atoms with Gasteiger partial charge in [0.15, 0.2) is 0 Å². The van der Waals surface area contributed by atoms with Crippen LogP contribution in [-0.2, 0) is 0 Å². The number of hydrogen-bond acceptors (Lipinski definition) is 2. The van der Waals surface area contributed by atoms with Gasteiger partial charge in [0.2, 0.25) is 0 Å². The Morgan fingerprint density at radius 3 is 2.41 bits per heavy atom. The summed E-state index contributed by atoms with van der Waals surface area (Å²) in [7, 11) is 1.65. The second kappa shape index (κ2) is 6.69. The highest BCUT2D eigenvalue weighted by Crippen LogP contribution is 2.22. The maximum Gasteiger partial charge on any atom is 0.253 e. The van der Waals surface area contributed by atoms with Gasteiger partial charge in [-0.25, -0.2) is 0 Å². The molecule has 0 bridgehead atoms. The quantitative estimate of drug-likeness (QED) is 0.918. The number of hydrogen-bond donors (Lipinski definition) is 1. The van der Waals surface area contributed by atoms with Gasteiger partial charge in [-0.15, -0.1) is 0 Å². The van der Waals surface area contributed by atoms with Crippen LogP contribution in [-0.4, -0.2) is 24.1 Å². The molecule has 0 saturated heterocycles. The fourth-order valence-corrected chi connectivity index (χ4v) is 2.51. The molecule has 0 radical (unpaired) electrons. The first kappa shape index (κ1) is 16.1. The van der Waals surface area contributed by atoms with Gasteiger partial charge in [-0.1, -0.05) is 13.8 Å². The first-order chi connectivity index (χ1) is 10.4. The minimum absolute atomic E-state index is 0.0124. The molecular weight excluding hydrogens is 276 g/mol. The van der Waals surface area contributed by atoms with Crippen molar-refractivity contribution in [3.05, 3.63) is 47.3 Å². The number of aromatic nitrogens is 1. The van der Waals surface area contributed by atoms with Crippen molar-refractivity contribution in [1.82, 2.24) is 9.88 Å². The Bertz CT molecular complexity index is 654. The van der Waals surface area contributed by atoms with Gasteiger partial charge in [-0.05, 0) is 50.1 Å². The lowest BCUT2D eigenvalue weighted by Gasteiger charge is -2.11. The highest BCUT2D eigenvalue weighted by Gasteiger charge is 2.16. The smallest absolute Gasteiger partial charge is 0.253 e. The molecule has 1 aromatic heterocycles. The van der Waals surface area contributed by atoms with Crippen LogP contribution in [0.15, 0.2) is 30.3 Å². The predicted molar refractivity (Wildman–Crippen MR) is 89.0 cm³/mol. The number of aryl methyl sites for hydroxylation is 1. The number of methoxy groups -OCH3 is 1. The number of carbonyl (C=O) groups is 1. The Morgan fingerprint density at radius 2 is 1.86 bits per heavy atom. The minimum atomic E-state index is -0.0124. The molecule has 4 heteroatoms. The van der Waals surface area contributed by atoms with Crippen LogP contribution in [0.2, 0.25) is 0 Å². The standard InChI is InChI=1S/C18H24N2O2/c1-12(2)11-19-18(21)17-10-13(3)20(14(17)4)15-6-8-16(22-5)9-7-15/h6-10,12H,11H2,1-5H3,(H,19,21). The molecule has 0 unspecified atom stereocenters. The van der Waals surface area contributed by atoms with E-state index >= 15 is 0 Å². The van der Waals surface area contributed by atoms with Crippen LogP contribution < -0.4 is 10.1 Å². The lowest BCUT2D eigenvalue weighted by atomic mass is 10.2. The minimum Gasteiger partial charge on any atom is -0.497 e. The third-order valence-corrected chi connectivity index (χ3v) is 3.68. The lowest BCUT2D eigenvalue weighted by Crippen LogP contribution is -2.27. The van der Waals surface area contributed by atoms with Gasteiger partial charge in [0.05, 0.1) is 12.7 Å². The highest BCUT2D eigenvalue weighted by molar-refractivity contribution is 5.95. The van der Waals surface area contributed by atoms with E-state index in [0.717, 1.165) is 28.4 Å². The van der Waals surface area contributed by atoms with Crippen LogP contribution in [0, 0.1) is 19.8 Å². The van der Waals surface area contributed by atoms with Gasteiger partial charge in [-0.2, -0.15) is 0 Å². The summed E-state index contributed by atoms with van der Waals surface area (Å²) in [5.41, 5.74) is 3.74. The van der Waals surface area contributed by atoms with Gasteiger partial charge in [0.25, 0.3) is 5.91 Å². The van der Waals surface area contributed by atoms with Gasteiger partial charge >= 0.3 is 0 Å². The van der Waals surface area contributed by atoms with Crippen molar-refractivity contribution in [3.8, 4) is 11.4 Å². The fraction of sp³-hybridized carbons (Fsp3) is 0.389. The number of nitrogens with one attached hydrogen (secondary N) is 1. The molecule has 0 saturated carbocycles. The second-order valence-corrected chi connectivity index (χ2v) is 5.92. The van der Waals surface area contributed by atoms with E-state index < -0.39 is 0 Å². The topological polar surface area (TPSA) is 43.3 Å². The van der Waals surface area contributed by atoms with Gasteiger partial charge in [-0.3, -0.25) is 4.79 Å².